The highest BCUT2D eigenvalue weighted by molar-refractivity contribution is 7.09. The van der Waals surface area contributed by atoms with Crippen molar-refractivity contribution in [2.75, 3.05) is 11.9 Å². The number of nitrogens with one attached hydrogen (secondary N) is 1. The standard InChI is InChI=1S/C11H17N3OS/c15-9-4-1-7(5-9)6-12-11-13-10(14-16-11)8-2-3-8/h7-9,15H,1-6H2,(H,12,13,14). The normalized spacial score (nSPS) is 29.6. The molecular formula is C11H17N3OS. The molecule has 1 heterocycles. The molecule has 4 nitrogen and oxygen atoms in total. The van der Waals surface area contributed by atoms with Gasteiger partial charge in [-0.05, 0) is 38.0 Å². The Hall–Kier alpha value is -0.680. The van der Waals surface area contributed by atoms with Gasteiger partial charge in [0.1, 0.15) is 5.82 Å². The van der Waals surface area contributed by atoms with Crippen LogP contribution in [0.1, 0.15) is 43.8 Å². The molecule has 1 aromatic heterocycles. The van der Waals surface area contributed by atoms with E-state index in [2.05, 4.69) is 14.7 Å². The van der Waals surface area contributed by atoms with E-state index in [0.29, 0.717) is 11.8 Å². The van der Waals surface area contributed by atoms with Crippen LogP contribution >= 0.6 is 11.5 Å². The third-order valence-corrected chi connectivity index (χ3v) is 4.13. The molecule has 2 fully saturated rings. The molecule has 1 aromatic rings. The predicted molar refractivity (Wildman–Crippen MR) is 63.7 cm³/mol. The van der Waals surface area contributed by atoms with Gasteiger partial charge in [-0.15, -0.1) is 0 Å². The quantitative estimate of drug-likeness (QED) is 0.843. The molecule has 3 rings (SSSR count). The van der Waals surface area contributed by atoms with Gasteiger partial charge >= 0.3 is 0 Å². The molecule has 2 aliphatic carbocycles. The molecule has 2 atom stereocenters. The van der Waals surface area contributed by atoms with E-state index in [9.17, 15) is 5.11 Å². The lowest BCUT2D eigenvalue weighted by molar-refractivity contribution is 0.178. The molecule has 88 valence electrons. The fourth-order valence-corrected chi connectivity index (χ4v) is 2.93. The van der Waals surface area contributed by atoms with Crippen LogP contribution in [0.4, 0.5) is 5.13 Å². The molecule has 2 unspecified atom stereocenters. The van der Waals surface area contributed by atoms with Crippen molar-refractivity contribution in [1.82, 2.24) is 9.36 Å². The van der Waals surface area contributed by atoms with Crippen molar-refractivity contribution in [3.05, 3.63) is 5.82 Å². The van der Waals surface area contributed by atoms with E-state index in [1.54, 1.807) is 0 Å². The SMILES string of the molecule is OC1CCC(CNc2nc(C3CC3)ns2)C1. The number of aromatic nitrogens is 2. The fourth-order valence-electron chi connectivity index (χ4n) is 2.28. The Morgan fingerprint density at radius 1 is 1.31 bits per heavy atom. The molecule has 16 heavy (non-hydrogen) atoms. The first-order chi connectivity index (χ1) is 7.81. The van der Waals surface area contributed by atoms with Crippen molar-refractivity contribution < 1.29 is 5.11 Å². The second-order valence-electron chi connectivity index (χ2n) is 4.95. The number of anilines is 1. The zero-order valence-electron chi connectivity index (χ0n) is 9.22. The number of rotatable bonds is 4. The second-order valence-corrected chi connectivity index (χ2v) is 5.70. The maximum Gasteiger partial charge on any atom is 0.202 e. The summed E-state index contributed by atoms with van der Waals surface area (Å²) in [5.41, 5.74) is 0. The number of nitrogens with zero attached hydrogens (tertiary/aromatic N) is 2. The fraction of sp³-hybridized carbons (Fsp3) is 0.818. The van der Waals surface area contributed by atoms with Crippen LogP contribution in [-0.4, -0.2) is 27.1 Å². The van der Waals surface area contributed by atoms with Gasteiger partial charge in [0.2, 0.25) is 5.13 Å². The summed E-state index contributed by atoms with van der Waals surface area (Å²) in [6, 6.07) is 0. The monoisotopic (exact) mass is 239 g/mol. The summed E-state index contributed by atoms with van der Waals surface area (Å²) in [6.07, 6.45) is 5.44. The van der Waals surface area contributed by atoms with Crippen molar-refractivity contribution >= 4 is 16.7 Å². The lowest BCUT2D eigenvalue weighted by atomic mass is 10.1. The zero-order valence-corrected chi connectivity index (χ0v) is 10.0. The third-order valence-electron chi connectivity index (χ3n) is 3.44. The van der Waals surface area contributed by atoms with Gasteiger partial charge in [-0.25, -0.2) is 4.98 Å². The van der Waals surface area contributed by atoms with E-state index >= 15 is 0 Å². The van der Waals surface area contributed by atoms with Crippen molar-refractivity contribution in [1.29, 1.82) is 0 Å². The molecule has 2 saturated carbocycles. The molecule has 0 amide bonds. The Balaban J connectivity index is 1.50. The molecule has 0 radical (unpaired) electrons. The van der Waals surface area contributed by atoms with Gasteiger partial charge in [-0.2, -0.15) is 4.37 Å². The van der Waals surface area contributed by atoms with E-state index in [1.807, 2.05) is 0 Å². The molecular weight excluding hydrogens is 222 g/mol. The maximum absolute atomic E-state index is 9.43. The van der Waals surface area contributed by atoms with Crippen LogP contribution in [0.15, 0.2) is 0 Å². The lowest BCUT2D eigenvalue weighted by Gasteiger charge is -2.08. The van der Waals surface area contributed by atoms with Crippen LogP contribution in [-0.2, 0) is 0 Å². The van der Waals surface area contributed by atoms with Crippen molar-refractivity contribution in [3.8, 4) is 0 Å². The second kappa shape index (κ2) is 4.30. The summed E-state index contributed by atoms with van der Waals surface area (Å²) in [5, 5.41) is 13.7. The minimum Gasteiger partial charge on any atom is -0.393 e. The van der Waals surface area contributed by atoms with Crippen LogP contribution in [0.2, 0.25) is 0 Å². The number of hydrogen-bond acceptors (Lipinski definition) is 5. The zero-order chi connectivity index (χ0) is 11.0. The number of aliphatic hydroxyl groups excluding tert-OH is 1. The van der Waals surface area contributed by atoms with Gasteiger partial charge in [0.15, 0.2) is 0 Å². The third kappa shape index (κ3) is 2.35. The molecule has 2 aliphatic rings. The van der Waals surface area contributed by atoms with Crippen LogP contribution < -0.4 is 5.32 Å². The van der Waals surface area contributed by atoms with Gasteiger partial charge < -0.3 is 10.4 Å². The lowest BCUT2D eigenvalue weighted by Crippen LogP contribution is -2.12. The Bertz CT molecular complexity index is 364. The van der Waals surface area contributed by atoms with E-state index < -0.39 is 0 Å². The van der Waals surface area contributed by atoms with Gasteiger partial charge in [0.25, 0.3) is 0 Å². The summed E-state index contributed by atoms with van der Waals surface area (Å²) in [7, 11) is 0. The maximum atomic E-state index is 9.43. The molecule has 0 bridgehead atoms. The Kier molecular flexibility index (Phi) is 2.81. The van der Waals surface area contributed by atoms with Crippen LogP contribution in [0, 0.1) is 5.92 Å². The minimum absolute atomic E-state index is 0.0803. The van der Waals surface area contributed by atoms with E-state index in [4.69, 9.17) is 0 Å². The van der Waals surface area contributed by atoms with Crippen LogP contribution in [0.5, 0.6) is 0 Å². The average Bonchev–Trinajstić information content (AvgIpc) is 2.87. The first-order valence-electron chi connectivity index (χ1n) is 6.07. The first kappa shape index (κ1) is 10.5. The average molecular weight is 239 g/mol. The highest BCUT2D eigenvalue weighted by Crippen LogP contribution is 2.39. The van der Waals surface area contributed by atoms with Crippen molar-refractivity contribution in [3.63, 3.8) is 0 Å². The minimum atomic E-state index is -0.0803. The van der Waals surface area contributed by atoms with E-state index in [-0.39, 0.29) is 6.10 Å². The molecule has 0 spiro atoms. The molecule has 0 saturated heterocycles. The molecule has 0 aromatic carbocycles. The predicted octanol–water partition coefficient (Wildman–Crippen LogP) is 1.99. The highest BCUT2D eigenvalue weighted by Gasteiger charge is 2.28. The largest absolute Gasteiger partial charge is 0.393 e. The van der Waals surface area contributed by atoms with Gasteiger partial charge in [-0.1, -0.05) is 0 Å². The summed E-state index contributed by atoms with van der Waals surface area (Å²) in [6.45, 7) is 0.927. The molecule has 0 aliphatic heterocycles. The summed E-state index contributed by atoms with van der Waals surface area (Å²) < 4.78 is 4.36. The summed E-state index contributed by atoms with van der Waals surface area (Å²) in [4.78, 5) is 4.49. The Morgan fingerprint density at radius 3 is 2.88 bits per heavy atom. The summed E-state index contributed by atoms with van der Waals surface area (Å²) in [5.74, 6) is 2.27. The Morgan fingerprint density at radius 2 is 2.19 bits per heavy atom. The Labute approximate surface area is 99.3 Å². The van der Waals surface area contributed by atoms with Crippen LogP contribution in [0.3, 0.4) is 0 Å². The molecule has 2 N–H and O–H groups in total. The van der Waals surface area contributed by atoms with E-state index in [0.717, 1.165) is 36.8 Å². The van der Waals surface area contributed by atoms with E-state index in [1.165, 1.54) is 24.4 Å². The number of hydrogen-bond donors (Lipinski definition) is 2. The van der Waals surface area contributed by atoms with Crippen LogP contribution in [0.25, 0.3) is 0 Å². The van der Waals surface area contributed by atoms with Gasteiger partial charge in [-0.3, -0.25) is 0 Å². The first-order valence-corrected chi connectivity index (χ1v) is 6.84. The summed E-state index contributed by atoms with van der Waals surface area (Å²) >= 11 is 1.47. The smallest absolute Gasteiger partial charge is 0.202 e. The number of aliphatic hydroxyl groups is 1. The topological polar surface area (TPSA) is 58.0 Å². The van der Waals surface area contributed by atoms with Gasteiger partial charge in [0.05, 0.1) is 6.10 Å². The van der Waals surface area contributed by atoms with Gasteiger partial charge in [0, 0.05) is 24.0 Å². The van der Waals surface area contributed by atoms with Crippen molar-refractivity contribution in [2.24, 2.45) is 5.92 Å². The molecule has 5 heteroatoms. The highest BCUT2D eigenvalue weighted by atomic mass is 32.1. The van der Waals surface area contributed by atoms with Crippen molar-refractivity contribution in [2.45, 2.75) is 44.1 Å².